The summed E-state index contributed by atoms with van der Waals surface area (Å²) in [7, 11) is 0. The van der Waals surface area contributed by atoms with Crippen LogP contribution in [0, 0.1) is 0 Å². The van der Waals surface area contributed by atoms with Crippen LogP contribution >= 0.6 is 24.0 Å². The molecule has 1 nitrogen and oxygen atoms in total. The van der Waals surface area contributed by atoms with E-state index in [9.17, 15) is 0 Å². The predicted octanol–water partition coefficient (Wildman–Crippen LogP) is 1.77. The van der Waals surface area contributed by atoms with Crippen molar-refractivity contribution >= 4 is 24.0 Å². The van der Waals surface area contributed by atoms with Crippen molar-refractivity contribution in [2.75, 3.05) is 5.88 Å². The van der Waals surface area contributed by atoms with E-state index in [1.165, 1.54) is 0 Å². The molecular weight excluding hydrogens is 145 g/mol. The quantitative estimate of drug-likeness (QED) is 0.609. The van der Waals surface area contributed by atoms with Crippen molar-refractivity contribution in [1.29, 1.82) is 0 Å². The van der Waals surface area contributed by atoms with Crippen LogP contribution < -0.4 is 5.73 Å². The van der Waals surface area contributed by atoms with Gasteiger partial charge >= 0.3 is 0 Å². The lowest BCUT2D eigenvalue weighted by atomic mass is 10.0. The topological polar surface area (TPSA) is 26.0 Å². The molecule has 0 heterocycles. The normalized spacial score (nSPS) is 10.5. The number of nitrogens with two attached hydrogens (primary N) is 1. The Kier molecular flexibility index (Phi) is 6.27. The lowest BCUT2D eigenvalue weighted by Crippen LogP contribution is -2.31. The van der Waals surface area contributed by atoms with Gasteiger partial charge in [-0.05, 0) is 20.3 Å². The van der Waals surface area contributed by atoms with Crippen LogP contribution in [-0.4, -0.2) is 11.4 Å². The van der Waals surface area contributed by atoms with E-state index in [1.54, 1.807) is 0 Å². The van der Waals surface area contributed by atoms with Gasteiger partial charge < -0.3 is 5.73 Å². The summed E-state index contributed by atoms with van der Waals surface area (Å²) in [5.41, 5.74) is 5.48. The molecule has 0 aromatic carbocycles. The second kappa shape index (κ2) is 4.42. The maximum Gasteiger partial charge on any atom is 0.0240 e. The van der Waals surface area contributed by atoms with Gasteiger partial charge in [0, 0.05) is 11.4 Å². The highest BCUT2D eigenvalue weighted by atomic mass is 35.5. The van der Waals surface area contributed by atoms with E-state index >= 15 is 0 Å². The van der Waals surface area contributed by atoms with Gasteiger partial charge in [-0.2, -0.15) is 0 Å². The smallest absolute Gasteiger partial charge is 0.0240 e. The maximum absolute atomic E-state index is 5.56. The zero-order valence-electron chi connectivity index (χ0n) is 5.28. The van der Waals surface area contributed by atoms with Crippen LogP contribution in [-0.2, 0) is 0 Å². The lowest BCUT2D eigenvalue weighted by Gasteiger charge is -2.14. The van der Waals surface area contributed by atoms with Crippen LogP contribution in [0.5, 0.6) is 0 Å². The fourth-order valence-electron chi connectivity index (χ4n) is 0.244. The summed E-state index contributed by atoms with van der Waals surface area (Å²) < 4.78 is 0. The molecule has 0 atom stereocenters. The zero-order valence-corrected chi connectivity index (χ0v) is 6.85. The van der Waals surface area contributed by atoms with Crippen LogP contribution in [0.15, 0.2) is 0 Å². The van der Waals surface area contributed by atoms with Gasteiger partial charge in [-0.15, -0.1) is 24.0 Å². The Morgan fingerprint density at radius 1 is 1.50 bits per heavy atom. The highest BCUT2D eigenvalue weighted by molar-refractivity contribution is 6.17. The van der Waals surface area contributed by atoms with Crippen molar-refractivity contribution < 1.29 is 0 Å². The average Bonchev–Trinajstić information content (AvgIpc) is 1.30. The molecule has 0 aliphatic carbocycles. The third kappa shape index (κ3) is 9.74. The van der Waals surface area contributed by atoms with Gasteiger partial charge in [0.25, 0.3) is 0 Å². The number of rotatable bonds is 2. The molecule has 0 aliphatic rings. The van der Waals surface area contributed by atoms with Crippen LogP contribution in [0.2, 0.25) is 0 Å². The van der Waals surface area contributed by atoms with Crippen LogP contribution in [0.25, 0.3) is 0 Å². The molecule has 0 aliphatic heterocycles. The van der Waals surface area contributed by atoms with E-state index in [1.807, 2.05) is 13.8 Å². The Morgan fingerprint density at radius 2 is 1.88 bits per heavy atom. The maximum atomic E-state index is 5.56. The monoisotopic (exact) mass is 157 g/mol. The predicted molar refractivity (Wildman–Crippen MR) is 40.9 cm³/mol. The van der Waals surface area contributed by atoms with E-state index < -0.39 is 0 Å². The molecule has 0 radical (unpaired) electrons. The fourth-order valence-corrected chi connectivity index (χ4v) is 0.731. The highest BCUT2D eigenvalue weighted by Gasteiger charge is 2.07. The number of hydrogen-bond acceptors (Lipinski definition) is 1. The van der Waals surface area contributed by atoms with Crippen molar-refractivity contribution in [2.45, 2.75) is 25.8 Å². The molecule has 0 saturated carbocycles. The van der Waals surface area contributed by atoms with Gasteiger partial charge in [0.15, 0.2) is 0 Å². The van der Waals surface area contributed by atoms with Crippen LogP contribution in [0.3, 0.4) is 0 Å². The first-order chi connectivity index (χ1) is 3.06. The van der Waals surface area contributed by atoms with Crippen LogP contribution in [0.4, 0.5) is 0 Å². The van der Waals surface area contributed by atoms with E-state index in [-0.39, 0.29) is 17.9 Å². The summed E-state index contributed by atoms with van der Waals surface area (Å²) in [6.45, 7) is 3.94. The van der Waals surface area contributed by atoms with Gasteiger partial charge in [0.1, 0.15) is 0 Å². The Labute approximate surface area is 62.0 Å². The first-order valence-electron chi connectivity index (χ1n) is 2.41. The van der Waals surface area contributed by atoms with Gasteiger partial charge in [-0.3, -0.25) is 0 Å². The summed E-state index contributed by atoms with van der Waals surface area (Å²) in [4.78, 5) is 0. The molecule has 2 N–H and O–H groups in total. The molecule has 52 valence electrons. The molecule has 0 fully saturated rings. The minimum absolute atomic E-state index is 0. The highest BCUT2D eigenvalue weighted by Crippen LogP contribution is 2.03. The van der Waals surface area contributed by atoms with Crippen molar-refractivity contribution in [3.05, 3.63) is 0 Å². The molecule has 0 spiro atoms. The summed E-state index contributed by atoms with van der Waals surface area (Å²) in [6.07, 6.45) is 0.883. The SMILES string of the molecule is CC(C)(N)CCCl.Cl. The molecule has 0 aromatic rings. The average molecular weight is 158 g/mol. The van der Waals surface area contributed by atoms with E-state index in [0.29, 0.717) is 5.88 Å². The first-order valence-corrected chi connectivity index (χ1v) is 2.94. The van der Waals surface area contributed by atoms with Crippen molar-refractivity contribution in [2.24, 2.45) is 5.73 Å². The van der Waals surface area contributed by atoms with Crippen molar-refractivity contribution in [1.82, 2.24) is 0 Å². The minimum Gasteiger partial charge on any atom is -0.326 e. The lowest BCUT2D eigenvalue weighted by molar-refractivity contribution is 0.504. The summed E-state index contributed by atoms with van der Waals surface area (Å²) in [5.74, 6) is 0.656. The number of halogens is 2. The van der Waals surface area contributed by atoms with Gasteiger partial charge in [0.2, 0.25) is 0 Å². The van der Waals surface area contributed by atoms with E-state index in [2.05, 4.69) is 0 Å². The Morgan fingerprint density at radius 3 is 1.88 bits per heavy atom. The molecule has 0 unspecified atom stereocenters. The van der Waals surface area contributed by atoms with Crippen LogP contribution in [0.1, 0.15) is 20.3 Å². The standard InChI is InChI=1S/C5H12ClN.ClH/c1-5(2,7)3-4-6;/h3-4,7H2,1-2H3;1H. The fraction of sp³-hybridized carbons (Fsp3) is 1.00. The largest absolute Gasteiger partial charge is 0.326 e. The molecule has 8 heavy (non-hydrogen) atoms. The Hall–Kier alpha value is 0.540. The summed E-state index contributed by atoms with van der Waals surface area (Å²) >= 11 is 5.41. The molecular formula is C5H13Cl2N. The second-order valence-electron chi connectivity index (χ2n) is 2.43. The van der Waals surface area contributed by atoms with Gasteiger partial charge in [-0.1, -0.05) is 0 Å². The summed E-state index contributed by atoms with van der Waals surface area (Å²) in [5, 5.41) is 0. The molecule has 0 saturated heterocycles. The van der Waals surface area contributed by atoms with E-state index in [0.717, 1.165) is 6.42 Å². The Bertz CT molecular complexity index is 48.9. The molecule has 0 rings (SSSR count). The van der Waals surface area contributed by atoms with E-state index in [4.69, 9.17) is 17.3 Å². The van der Waals surface area contributed by atoms with Gasteiger partial charge in [0.05, 0.1) is 0 Å². The van der Waals surface area contributed by atoms with Crippen molar-refractivity contribution in [3.8, 4) is 0 Å². The number of hydrogen-bond donors (Lipinski definition) is 1. The molecule has 0 bridgehead atoms. The first kappa shape index (κ1) is 11.4. The zero-order chi connectivity index (χ0) is 5.91. The molecule has 3 heteroatoms. The Balaban J connectivity index is 0. The third-order valence-corrected chi connectivity index (χ3v) is 0.928. The summed E-state index contributed by atoms with van der Waals surface area (Å²) in [6, 6.07) is 0. The molecule has 0 aromatic heterocycles. The minimum atomic E-state index is -0.0816. The number of alkyl halides is 1. The van der Waals surface area contributed by atoms with Crippen molar-refractivity contribution in [3.63, 3.8) is 0 Å². The third-order valence-electron chi connectivity index (χ3n) is 0.739. The molecule has 0 amide bonds. The second-order valence-corrected chi connectivity index (χ2v) is 2.81. The van der Waals surface area contributed by atoms with Gasteiger partial charge in [-0.25, -0.2) is 0 Å².